The van der Waals surface area contributed by atoms with Gasteiger partial charge in [0, 0.05) is 43.1 Å². The third-order valence-electron chi connectivity index (χ3n) is 4.99. The summed E-state index contributed by atoms with van der Waals surface area (Å²) < 4.78 is 32.0. The van der Waals surface area contributed by atoms with Crippen LogP contribution < -0.4 is 20.7 Å². The van der Waals surface area contributed by atoms with Crippen LogP contribution in [0.3, 0.4) is 0 Å². The van der Waals surface area contributed by atoms with Crippen molar-refractivity contribution in [3.05, 3.63) is 48.2 Å². The Morgan fingerprint density at radius 2 is 1.71 bits per heavy atom. The number of hydrogen-bond donors (Lipinski definition) is 3. The molecule has 3 amide bonds. The molecule has 34 heavy (non-hydrogen) atoms. The SMILES string of the molecule is CC(C)(C)NC(=O)Oc1ccc(CNC(=O)Nc2ccc(S(=O)(=O)N3CCCCC3)cc2)cn1. The summed E-state index contributed by atoms with van der Waals surface area (Å²) in [4.78, 5) is 28.3. The number of nitrogens with zero attached hydrogens (tertiary/aromatic N) is 2. The van der Waals surface area contributed by atoms with Crippen LogP contribution in [0.1, 0.15) is 45.6 Å². The first-order chi connectivity index (χ1) is 16.0. The summed E-state index contributed by atoms with van der Waals surface area (Å²) >= 11 is 0. The number of hydrogen-bond acceptors (Lipinski definition) is 6. The van der Waals surface area contributed by atoms with E-state index in [1.807, 2.05) is 20.8 Å². The fourth-order valence-electron chi connectivity index (χ4n) is 3.32. The summed E-state index contributed by atoms with van der Waals surface area (Å²) in [6.45, 7) is 6.80. The van der Waals surface area contributed by atoms with Gasteiger partial charge in [0.1, 0.15) is 0 Å². The van der Waals surface area contributed by atoms with Gasteiger partial charge in [-0.2, -0.15) is 4.31 Å². The average molecular weight is 490 g/mol. The number of aromatic nitrogens is 1. The van der Waals surface area contributed by atoms with Crippen molar-refractivity contribution in [2.24, 2.45) is 0 Å². The van der Waals surface area contributed by atoms with E-state index in [1.165, 1.54) is 22.6 Å². The largest absolute Gasteiger partial charge is 0.414 e. The highest BCUT2D eigenvalue weighted by Gasteiger charge is 2.25. The van der Waals surface area contributed by atoms with Crippen molar-refractivity contribution in [1.29, 1.82) is 0 Å². The van der Waals surface area contributed by atoms with Gasteiger partial charge in [0.25, 0.3) is 0 Å². The van der Waals surface area contributed by atoms with Gasteiger partial charge in [0.2, 0.25) is 15.9 Å². The summed E-state index contributed by atoms with van der Waals surface area (Å²) in [5.41, 5.74) is 0.763. The maximum Gasteiger partial charge on any atom is 0.414 e. The third kappa shape index (κ3) is 7.42. The molecule has 1 aromatic heterocycles. The van der Waals surface area contributed by atoms with Crippen molar-refractivity contribution in [2.45, 2.75) is 57.0 Å². The Hall–Kier alpha value is -3.18. The molecule has 1 fully saturated rings. The number of amides is 3. The number of benzene rings is 1. The fourth-order valence-corrected chi connectivity index (χ4v) is 4.84. The first-order valence-corrected chi connectivity index (χ1v) is 12.6. The van der Waals surface area contributed by atoms with Crippen molar-refractivity contribution < 1.29 is 22.7 Å². The predicted octanol–water partition coefficient (Wildman–Crippen LogP) is 3.46. The molecule has 3 rings (SSSR count). The van der Waals surface area contributed by atoms with Crippen molar-refractivity contribution in [1.82, 2.24) is 19.9 Å². The number of carbonyl (C=O) groups excluding carboxylic acids is 2. The van der Waals surface area contributed by atoms with E-state index < -0.39 is 27.7 Å². The van der Waals surface area contributed by atoms with Gasteiger partial charge < -0.3 is 20.7 Å². The van der Waals surface area contributed by atoms with E-state index in [9.17, 15) is 18.0 Å². The quantitative estimate of drug-likeness (QED) is 0.570. The van der Waals surface area contributed by atoms with Gasteiger partial charge in [-0.15, -0.1) is 0 Å². The topological polar surface area (TPSA) is 130 Å². The van der Waals surface area contributed by atoms with E-state index in [1.54, 1.807) is 24.3 Å². The van der Waals surface area contributed by atoms with Gasteiger partial charge in [0.15, 0.2) is 0 Å². The number of nitrogens with one attached hydrogen (secondary N) is 3. The summed E-state index contributed by atoms with van der Waals surface area (Å²) in [5.74, 6) is 0.148. The number of piperidine rings is 1. The predicted molar refractivity (Wildman–Crippen MR) is 128 cm³/mol. The number of sulfonamides is 1. The molecule has 0 radical (unpaired) electrons. The van der Waals surface area contributed by atoms with E-state index in [4.69, 9.17) is 4.74 Å². The van der Waals surface area contributed by atoms with Crippen LogP contribution in [0.2, 0.25) is 0 Å². The monoisotopic (exact) mass is 489 g/mol. The van der Waals surface area contributed by atoms with Gasteiger partial charge in [-0.05, 0) is 63.4 Å². The number of urea groups is 1. The molecule has 3 N–H and O–H groups in total. The minimum atomic E-state index is -3.51. The maximum atomic E-state index is 12.7. The van der Waals surface area contributed by atoms with Gasteiger partial charge in [-0.3, -0.25) is 0 Å². The van der Waals surface area contributed by atoms with Crippen LogP contribution in [0, 0.1) is 0 Å². The first kappa shape index (κ1) is 25.4. The van der Waals surface area contributed by atoms with E-state index in [-0.39, 0.29) is 17.3 Å². The van der Waals surface area contributed by atoms with Crippen molar-refractivity contribution in [3.63, 3.8) is 0 Å². The second-order valence-corrected chi connectivity index (χ2v) is 11.0. The van der Waals surface area contributed by atoms with E-state index in [0.717, 1.165) is 19.3 Å². The highest BCUT2D eigenvalue weighted by atomic mass is 32.2. The minimum Gasteiger partial charge on any atom is -0.391 e. The van der Waals surface area contributed by atoms with Gasteiger partial charge in [-0.25, -0.2) is 23.0 Å². The second-order valence-electron chi connectivity index (χ2n) is 9.07. The number of ether oxygens (including phenoxy) is 1. The molecule has 0 spiro atoms. The Bertz CT molecular complexity index is 1090. The summed E-state index contributed by atoms with van der Waals surface area (Å²) in [6, 6.07) is 8.90. The Balaban J connectivity index is 1.48. The van der Waals surface area contributed by atoms with Crippen LogP contribution >= 0.6 is 0 Å². The number of anilines is 1. The summed E-state index contributed by atoms with van der Waals surface area (Å²) in [6.07, 6.45) is 3.69. The van der Waals surface area contributed by atoms with E-state index in [2.05, 4.69) is 20.9 Å². The molecule has 1 aliphatic rings. The van der Waals surface area contributed by atoms with E-state index in [0.29, 0.717) is 24.3 Å². The number of pyridine rings is 1. The van der Waals surface area contributed by atoms with E-state index >= 15 is 0 Å². The molecule has 1 aromatic carbocycles. The molecule has 2 heterocycles. The lowest BCUT2D eigenvalue weighted by Crippen LogP contribution is -2.42. The lowest BCUT2D eigenvalue weighted by molar-refractivity contribution is 0.189. The Morgan fingerprint density at radius 1 is 1.03 bits per heavy atom. The molecule has 2 aromatic rings. The summed E-state index contributed by atoms with van der Waals surface area (Å²) in [5, 5.41) is 8.04. The van der Waals surface area contributed by atoms with Crippen molar-refractivity contribution >= 4 is 27.8 Å². The molecule has 0 bridgehead atoms. The molecule has 0 aliphatic carbocycles. The number of rotatable bonds is 6. The van der Waals surface area contributed by atoms with Crippen molar-refractivity contribution in [2.75, 3.05) is 18.4 Å². The minimum absolute atomic E-state index is 0.148. The zero-order valence-corrected chi connectivity index (χ0v) is 20.4. The third-order valence-corrected chi connectivity index (χ3v) is 6.90. The molecule has 10 nitrogen and oxygen atoms in total. The Kier molecular flexibility index (Phi) is 8.11. The first-order valence-electron chi connectivity index (χ1n) is 11.1. The van der Waals surface area contributed by atoms with Crippen LogP contribution in [0.15, 0.2) is 47.5 Å². The van der Waals surface area contributed by atoms with Crippen molar-refractivity contribution in [3.8, 4) is 5.88 Å². The molecule has 11 heteroatoms. The van der Waals surface area contributed by atoms with Crippen LogP contribution in [-0.4, -0.2) is 48.5 Å². The van der Waals surface area contributed by atoms with Crippen LogP contribution in [-0.2, 0) is 16.6 Å². The second kappa shape index (κ2) is 10.8. The standard InChI is InChI=1S/C23H31N5O5S/c1-23(2,3)27-22(30)33-20-12-7-17(15-24-20)16-25-21(29)26-18-8-10-19(11-9-18)34(31,32)28-13-5-4-6-14-28/h7-12,15H,4-6,13-14,16H2,1-3H3,(H,27,30)(H2,25,26,29). The molecule has 0 unspecified atom stereocenters. The lowest BCUT2D eigenvalue weighted by atomic mass is 10.1. The Morgan fingerprint density at radius 3 is 2.29 bits per heavy atom. The zero-order valence-electron chi connectivity index (χ0n) is 19.6. The van der Waals surface area contributed by atoms with Gasteiger partial charge in [0.05, 0.1) is 4.90 Å². The van der Waals surface area contributed by atoms with Gasteiger partial charge >= 0.3 is 12.1 Å². The summed E-state index contributed by atoms with van der Waals surface area (Å²) in [7, 11) is -3.51. The van der Waals surface area contributed by atoms with Gasteiger partial charge in [-0.1, -0.05) is 12.5 Å². The highest BCUT2D eigenvalue weighted by molar-refractivity contribution is 7.89. The lowest BCUT2D eigenvalue weighted by Gasteiger charge is -2.25. The maximum absolute atomic E-state index is 12.7. The molecule has 0 saturated carbocycles. The van der Waals surface area contributed by atoms with Crippen LogP contribution in [0.4, 0.5) is 15.3 Å². The molecule has 184 valence electrons. The average Bonchev–Trinajstić information content (AvgIpc) is 2.78. The van der Waals surface area contributed by atoms with Crippen LogP contribution in [0.5, 0.6) is 5.88 Å². The van der Waals surface area contributed by atoms with Crippen LogP contribution in [0.25, 0.3) is 0 Å². The molecule has 1 saturated heterocycles. The fraction of sp³-hybridized carbons (Fsp3) is 0.435. The molecule has 1 aliphatic heterocycles. The highest BCUT2D eigenvalue weighted by Crippen LogP contribution is 2.22. The Labute approximate surface area is 200 Å². The normalized spacial score (nSPS) is 14.8. The molecule has 0 atom stereocenters. The molecular weight excluding hydrogens is 458 g/mol. The number of carbonyl (C=O) groups is 2. The smallest absolute Gasteiger partial charge is 0.391 e. The molecular formula is C23H31N5O5S. The zero-order chi connectivity index (χ0) is 24.8.